The van der Waals surface area contributed by atoms with Gasteiger partial charge in [0.2, 0.25) is 0 Å². The largest absolute Gasteiger partial charge is 0.346 e. The molecule has 2 rings (SSSR count). The maximum absolute atomic E-state index is 4.72. The summed E-state index contributed by atoms with van der Waals surface area (Å²) in [6.45, 7) is 16.3. The molecule has 4 nitrogen and oxygen atoms in total. The van der Waals surface area contributed by atoms with Crippen LogP contribution in [0, 0.1) is 12.8 Å². The minimum atomic E-state index is 0.709. The second kappa shape index (κ2) is 12.9. The Kier molecular flexibility index (Phi) is 10.3. The van der Waals surface area contributed by atoms with Crippen molar-refractivity contribution in [2.24, 2.45) is 20.9 Å². The summed E-state index contributed by atoms with van der Waals surface area (Å²) in [6, 6.07) is 6.41. The number of rotatable bonds is 12. The van der Waals surface area contributed by atoms with Crippen molar-refractivity contribution >= 4 is 18.1 Å². The van der Waals surface area contributed by atoms with E-state index in [1.54, 1.807) is 0 Å². The van der Waals surface area contributed by atoms with Crippen molar-refractivity contribution < 1.29 is 0 Å². The first-order valence-electron chi connectivity index (χ1n) is 11.2. The van der Waals surface area contributed by atoms with Gasteiger partial charge < -0.3 is 4.90 Å². The van der Waals surface area contributed by atoms with E-state index in [1.807, 2.05) is 31.5 Å². The van der Waals surface area contributed by atoms with Crippen LogP contribution in [-0.4, -0.2) is 42.7 Å². The standard InChI is InChI=1S/C26H38N4/c1-6-8-15-27-18-25-13-9-12-24(22(25)4)14-17-28-23(5)30-19-26(20-30)29-16-10-11-21(3)7-2/h6,8-9,12-13,15,17,21H,5,7,10-11,14,16,18-20H2,1-4H3/b8-6-,27-15-,28-17-. The zero-order chi connectivity index (χ0) is 21.8. The summed E-state index contributed by atoms with van der Waals surface area (Å²) in [5.74, 6) is 1.64. The number of allylic oxidation sites excluding steroid dienone is 2. The molecule has 162 valence electrons. The fraction of sp³-hybridized carbons (Fsp3) is 0.500. The minimum absolute atomic E-state index is 0.709. The second-order valence-electron chi connectivity index (χ2n) is 8.11. The molecule has 0 radical (unpaired) electrons. The van der Waals surface area contributed by atoms with Crippen LogP contribution in [-0.2, 0) is 13.0 Å². The Morgan fingerprint density at radius 1 is 1.27 bits per heavy atom. The molecule has 0 saturated carbocycles. The van der Waals surface area contributed by atoms with E-state index in [0.29, 0.717) is 6.54 Å². The van der Waals surface area contributed by atoms with Gasteiger partial charge in [-0.3, -0.25) is 9.98 Å². The molecule has 1 aromatic rings. The van der Waals surface area contributed by atoms with Crippen molar-refractivity contribution in [3.63, 3.8) is 0 Å². The fourth-order valence-electron chi connectivity index (χ4n) is 3.32. The highest BCUT2D eigenvalue weighted by Crippen LogP contribution is 2.17. The lowest BCUT2D eigenvalue weighted by Crippen LogP contribution is -2.46. The Bertz CT molecular complexity index is 793. The lowest BCUT2D eigenvalue weighted by atomic mass is 10.0. The zero-order valence-electron chi connectivity index (χ0n) is 19.3. The molecule has 1 aliphatic heterocycles. The Hall–Kier alpha value is -2.49. The van der Waals surface area contributed by atoms with E-state index in [2.05, 4.69) is 60.4 Å². The van der Waals surface area contributed by atoms with E-state index < -0.39 is 0 Å². The number of aliphatic imine (C=N–C) groups is 3. The highest BCUT2D eigenvalue weighted by atomic mass is 15.3. The van der Waals surface area contributed by atoms with Crippen molar-refractivity contribution in [1.29, 1.82) is 0 Å². The SMILES string of the molecule is C=C(/N=C\Cc1cccc(C/N=C\C=C/C)c1C)N1CC(=NCCCC(C)CC)C1. The van der Waals surface area contributed by atoms with Crippen LogP contribution in [0.3, 0.4) is 0 Å². The Labute approximate surface area is 183 Å². The molecular formula is C26H38N4. The summed E-state index contributed by atoms with van der Waals surface area (Å²) in [5, 5.41) is 0. The molecule has 0 N–H and O–H groups in total. The van der Waals surface area contributed by atoms with Gasteiger partial charge in [-0.25, -0.2) is 4.99 Å². The highest BCUT2D eigenvalue weighted by molar-refractivity contribution is 5.93. The molecule has 1 aromatic carbocycles. The van der Waals surface area contributed by atoms with Gasteiger partial charge in [-0.2, -0.15) is 0 Å². The van der Waals surface area contributed by atoms with E-state index in [9.17, 15) is 0 Å². The van der Waals surface area contributed by atoms with Crippen molar-refractivity contribution in [2.75, 3.05) is 19.6 Å². The summed E-state index contributed by atoms with van der Waals surface area (Å²) >= 11 is 0. The summed E-state index contributed by atoms with van der Waals surface area (Å²) in [5.41, 5.74) is 5.12. The first kappa shape index (κ1) is 23.8. The molecule has 1 saturated heterocycles. The smallest absolute Gasteiger partial charge is 0.121 e. The molecule has 1 aliphatic rings. The topological polar surface area (TPSA) is 40.3 Å². The first-order chi connectivity index (χ1) is 14.5. The van der Waals surface area contributed by atoms with Gasteiger partial charge in [0.05, 0.1) is 25.3 Å². The molecule has 1 fully saturated rings. The van der Waals surface area contributed by atoms with Crippen molar-refractivity contribution in [1.82, 2.24) is 4.90 Å². The van der Waals surface area contributed by atoms with Crippen LogP contribution in [0.25, 0.3) is 0 Å². The number of benzene rings is 1. The molecular weight excluding hydrogens is 368 g/mol. The molecule has 0 aromatic heterocycles. The van der Waals surface area contributed by atoms with Crippen LogP contribution < -0.4 is 0 Å². The predicted octanol–water partition coefficient (Wildman–Crippen LogP) is 5.81. The van der Waals surface area contributed by atoms with Crippen LogP contribution in [0.5, 0.6) is 0 Å². The summed E-state index contributed by atoms with van der Waals surface area (Å²) in [7, 11) is 0. The predicted molar refractivity (Wildman–Crippen MR) is 132 cm³/mol. The van der Waals surface area contributed by atoms with Gasteiger partial charge in [-0.1, -0.05) is 51.1 Å². The van der Waals surface area contributed by atoms with Crippen molar-refractivity contribution in [3.05, 3.63) is 59.4 Å². The summed E-state index contributed by atoms with van der Waals surface area (Å²) < 4.78 is 0. The van der Waals surface area contributed by atoms with Gasteiger partial charge in [0.15, 0.2) is 0 Å². The quantitative estimate of drug-likeness (QED) is 0.319. The maximum Gasteiger partial charge on any atom is 0.121 e. The molecule has 30 heavy (non-hydrogen) atoms. The number of hydrogen-bond donors (Lipinski definition) is 0. The van der Waals surface area contributed by atoms with Crippen LogP contribution in [0.2, 0.25) is 0 Å². The lowest BCUT2D eigenvalue weighted by Gasteiger charge is -2.34. The molecule has 0 spiro atoms. The molecule has 0 bridgehead atoms. The van der Waals surface area contributed by atoms with Crippen molar-refractivity contribution in [2.45, 2.75) is 59.9 Å². The molecule has 1 unspecified atom stereocenters. The molecule has 0 amide bonds. The van der Waals surface area contributed by atoms with Gasteiger partial charge in [0, 0.05) is 25.4 Å². The number of hydrogen-bond acceptors (Lipinski definition) is 4. The molecule has 0 aliphatic carbocycles. The van der Waals surface area contributed by atoms with Gasteiger partial charge >= 0.3 is 0 Å². The molecule has 1 atom stereocenters. The van der Waals surface area contributed by atoms with Crippen LogP contribution in [0.1, 0.15) is 56.7 Å². The van der Waals surface area contributed by atoms with Gasteiger partial charge in [-0.15, -0.1) is 0 Å². The summed E-state index contributed by atoms with van der Waals surface area (Å²) in [6.07, 6.45) is 12.3. The highest BCUT2D eigenvalue weighted by Gasteiger charge is 2.22. The average molecular weight is 407 g/mol. The third kappa shape index (κ3) is 7.74. The monoisotopic (exact) mass is 406 g/mol. The summed E-state index contributed by atoms with van der Waals surface area (Å²) in [4.78, 5) is 15.9. The minimum Gasteiger partial charge on any atom is -0.346 e. The van der Waals surface area contributed by atoms with Crippen molar-refractivity contribution in [3.8, 4) is 0 Å². The number of likely N-dealkylation sites (tertiary alicyclic amines) is 1. The van der Waals surface area contributed by atoms with E-state index in [1.165, 1.54) is 41.7 Å². The van der Waals surface area contributed by atoms with E-state index >= 15 is 0 Å². The molecule has 4 heteroatoms. The van der Waals surface area contributed by atoms with Crippen LogP contribution >= 0.6 is 0 Å². The zero-order valence-corrected chi connectivity index (χ0v) is 19.3. The normalized spacial score (nSPS) is 15.3. The third-order valence-electron chi connectivity index (χ3n) is 5.75. The number of nitrogens with zero attached hydrogens (tertiary/aromatic N) is 4. The van der Waals surface area contributed by atoms with E-state index in [4.69, 9.17) is 4.99 Å². The second-order valence-corrected chi connectivity index (χ2v) is 8.11. The van der Waals surface area contributed by atoms with Gasteiger partial charge in [-0.05, 0) is 55.4 Å². The Balaban J connectivity index is 1.76. The van der Waals surface area contributed by atoms with Crippen LogP contribution in [0.15, 0.2) is 57.7 Å². The van der Waals surface area contributed by atoms with Gasteiger partial charge in [0.25, 0.3) is 0 Å². The fourth-order valence-corrected chi connectivity index (χ4v) is 3.32. The van der Waals surface area contributed by atoms with Gasteiger partial charge in [0.1, 0.15) is 5.82 Å². The lowest BCUT2D eigenvalue weighted by molar-refractivity contribution is 0.382. The first-order valence-corrected chi connectivity index (χ1v) is 11.2. The Morgan fingerprint density at radius 3 is 2.77 bits per heavy atom. The van der Waals surface area contributed by atoms with E-state index in [-0.39, 0.29) is 0 Å². The van der Waals surface area contributed by atoms with E-state index in [0.717, 1.165) is 37.8 Å². The maximum atomic E-state index is 4.72. The molecule has 1 heterocycles. The average Bonchev–Trinajstić information content (AvgIpc) is 2.71. The van der Waals surface area contributed by atoms with Crippen LogP contribution in [0.4, 0.5) is 0 Å². The third-order valence-corrected chi connectivity index (χ3v) is 5.75. The Morgan fingerprint density at radius 2 is 2.03 bits per heavy atom.